The first-order chi connectivity index (χ1) is 9.45. The number of rotatable bonds is 4. The Morgan fingerprint density at radius 2 is 2.30 bits per heavy atom. The van der Waals surface area contributed by atoms with E-state index in [-0.39, 0.29) is 5.69 Å². The number of carboxylic acids is 1. The van der Waals surface area contributed by atoms with E-state index in [1.807, 2.05) is 6.92 Å². The van der Waals surface area contributed by atoms with Gasteiger partial charge in [0.15, 0.2) is 0 Å². The number of hydrogen-bond acceptors (Lipinski definition) is 5. The normalized spacial score (nSPS) is 19.1. The molecule has 8 nitrogen and oxygen atoms in total. The van der Waals surface area contributed by atoms with Gasteiger partial charge in [-0.3, -0.25) is 14.9 Å². The van der Waals surface area contributed by atoms with Crippen molar-refractivity contribution in [3.05, 3.63) is 15.8 Å². The smallest absolute Gasteiger partial charge is 0.334 e. The van der Waals surface area contributed by atoms with Crippen LogP contribution in [0.2, 0.25) is 0 Å². The van der Waals surface area contributed by atoms with Gasteiger partial charge in [0.05, 0.1) is 10.8 Å². The molecular formula is C12H18N4O4. The first kappa shape index (κ1) is 14.3. The minimum absolute atomic E-state index is 0.000962. The highest BCUT2D eigenvalue weighted by Crippen LogP contribution is 2.34. The third kappa shape index (κ3) is 2.45. The fraction of sp³-hybridized carbons (Fsp3) is 0.667. The molecule has 2 rings (SSSR count). The van der Waals surface area contributed by atoms with E-state index in [4.69, 9.17) is 5.11 Å². The third-order valence-corrected chi connectivity index (χ3v) is 3.65. The first-order valence-corrected chi connectivity index (χ1v) is 6.63. The maximum atomic E-state index is 11.3. The Morgan fingerprint density at radius 1 is 1.60 bits per heavy atom. The SMILES string of the molecule is CCc1nn(C)c(N2CCCC(C(=O)O)C2)c1[N+](=O)[O-]. The minimum Gasteiger partial charge on any atom is -0.481 e. The fourth-order valence-corrected chi connectivity index (χ4v) is 2.71. The standard InChI is InChI=1S/C12H18N4O4/c1-3-9-10(16(19)20)11(14(2)13-9)15-6-4-5-8(7-15)12(17)18/h8H,3-7H2,1-2H3,(H,17,18). The van der Waals surface area contributed by atoms with E-state index in [1.54, 1.807) is 11.9 Å². The molecule has 0 spiro atoms. The van der Waals surface area contributed by atoms with E-state index in [2.05, 4.69) is 5.10 Å². The summed E-state index contributed by atoms with van der Waals surface area (Å²) < 4.78 is 1.49. The molecule has 1 unspecified atom stereocenters. The zero-order chi connectivity index (χ0) is 14.9. The second-order valence-corrected chi connectivity index (χ2v) is 4.98. The molecule has 1 atom stereocenters. The van der Waals surface area contributed by atoms with Crippen molar-refractivity contribution in [2.45, 2.75) is 26.2 Å². The lowest BCUT2D eigenvalue weighted by atomic mass is 9.98. The van der Waals surface area contributed by atoms with Crippen LogP contribution in [0.1, 0.15) is 25.5 Å². The van der Waals surface area contributed by atoms with Crippen LogP contribution < -0.4 is 4.90 Å². The van der Waals surface area contributed by atoms with E-state index >= 15 is 0 Å². The number of piperidine rings is 1. The summed E-state index contributed by atoms with van der Waals surface area (Å²) in [7, 11) is 1.66. The Bertz CT molecular complexity index is 540. The summed E-state index contributed by atoms with van der Waals surface area (Å²) in [5.41, 5.74) is 0.436. The van der Waals surface area contributed by atoms with Crippen molar-refractivity contribution in [3.8, 4) is 0 Å². The van der Waals surface area contributed by atoms with Crippen LogP contribution in [-0.2, 0) is 18.3 Å². The summed E-state index contributed by atoms with van der Waals surface area (Å²) in [6.07, 6.45) is 1.79. The zero-order valence-corrected chi connectivity index (χ0v) is 11.6. The van der Waals surface area contributed by atoms with Crippen molar-refractivity contribution in [1.82, 2.24) is 9.78 Å². The van der Waals surface area contributed by atoms with Gasteiger partial charge in [0, 0.05) is 20.1 Å². The van der Waals surface area contributed by atoms with E-state index < -0.39 is 16.8 Å². The highest BCUT2D eigenvalue weighted by Gasteiger charge is 2.34. The van der Waals surface area contributed by atoms with Gasteiger partial charge >= 0.3 is 11.7 Å². The van der Waals surface area contributed by atoms with Gasteiger partial charge in [-0.25, -0.2) is 4.68 Å². The monoisotopic (exact) mass is 282 g/mol. The molecule has 1 aromatic heterocycles. The molecule has 1 aliphatic rings. The van der Waals surface area contributed by atoms with Crippen molar-refractivity contribution in [3.63, 3.8) is 0 Å². The van der Waals surface area contributed by atoms with Gasteiger partial charge in [-0.1, -0.05) is 6.92 Å². The maximum Gasteiger partial charge on any atom is 0.334 e. The van der Waals surface area contributed by atoms with Gasteiger partial charge in [-0.05, 0) is 19.3 Å². The number of carboxylic acid groups (broad SMARTS) is 1. The lowest BCUT2D eigenvalue weighted by molar-refractivity contribution is -0.384. The molecule has 0 bridgehead atoms. The second kappa shape index (κ2) is 5.48. The molecule has 0 aromatic carbocycles. The van der Waals surface area contributed by atoms with E-state index in [1.165, 1.54) is 4.68 Å². The lowest BCUT2D eigenvalue weighted by Gasteiger charge is -2.31. The second-order valence-electron chi connectivity index (χ2n) is 4.98. The number of carbonyl (C=O) groups is 1. The molecule has 0 radical (unpaired) electrons. The number of hydrogen-bond donors (Lipinski definition) is 1. The van der Waals surface area contributed by atoms with Crippen LogP contribution in [-0.4, -0.2) is 38.9 Å². The van der Waals surface area contributed by atoms with Gasteiger partial charge in [0.2, 0.25) is 5.82 Å². The molecule has 2 heterocycles. The van der Waals surface area contributed by atoms with Crippen LogP contribution in [0, 0.1) is 16.0 Å². The van der Waals surface area contributed by atoms with Crippen molar-refractivity contribution in [2.24, 2.45) is 13.0 Å². The Balaban J connectivity index is 2.39. The highest BCUT2D eigenvalue weighted by atomic mass is 16.6. The summed E-state index contributed by atoms with van der Waals surface area (Å²) in [6.45, 7) is 2.72. The molecule has 0 saturated carbocycles. The Morgan fingerprint density at radius 3 is 2.85 bits per heavy atom. The van der Waals surface area contributed by atoms with Gasteiger partial charge < -0.3 is 10.0 Å². The van der Waals surface area contributed by atoms with E-state index in [0.29, 0.717) is 43.9 Å². The summed E-state index contributed by atoms with van der Waals surface area (Å²) in [5, 5.41) is 24.6. The van der Waals surface area contributed by atoms with Crippen LogP contribution >= 0.6 is 0 Å². The molecular weight excluding hydrogens is 264 g/mol. The molecule has 8 heteroatoms. The van der Waals surface area contributed by atoms with Crippen LogP contribution in [0.3, 0.4) is 0 Å². The van der Waals surface area contributed by atoms with Crippen LogP contribution in [0.15, 0.2) is 0 Å². The molecule has 1 aromatic rings. The zero-order valence-electron chi connectivity index (χ0n) is 11.6. The van der Waals surface area contributed by atoms with Gasteiger partial charge in [-0.2, -0.15) is 5.10 Å². The van der Waals surface area contributed by atoms with Gasteiger partial charge in [-0.15, -0.1) is 0 Å². The Labute approximate surface area is 116 Å². The van der Waals surface area contributed by atoms with Crippen molar-refractivity contribution >= 4 is 17.5 Å². The first-order valence-electron chi connectivity index (χ1n) is 6.63. The molecule has 1 saturated heterocycles. The largest absolute Gasteiger partial charge is 0.481 e. The van der Waals surface area contributed by atoms with Crippen LogP contribution in [0.5, 0.6) is 0 Å². The summed E-state index contributed by atoms with van der Waals surface area (Å²) in [5.74, 6) is -0.920. The average molecular weight is 282 g/mol. The summed E-state index contributed by atoms with van der Waals surface area (Å²) in [6, 6.07) is 0. The number of aromatic nitrogens is 2. The lowest BCUT2D eigenvalue weighted by Crippen LogP contribution is -2.39. The summed E-state index contributed by atoms with van der Waals surface area (Å²) in [4.78, 5) is 23.7. The average Bonchev–Trinajstić information content (AvgIpc) is 2.75. The molecule has 1 N–H and O–H groups in total. The molecule has 0 aliphatic carbocycles. The highest BCUT2D eigenvalue weighted by molar-refractivity contribution is 5.72. The number of anilines is 1. The quantitative estimate of drug-likeness (QED) is 0.657. The van der Waals surface area contributed by atoms with Crippen molar-refractivity contribution < 1.29 is 14.8 Å². The number of nitrogens with zero attached hydrogens (tertiary/aromatic N) is 4. The molecule has 1 fully saturated rings. The Hall–Kier alpha value is -2.12. The molecule has 20 heavy (non-hydrogen) atoms. The third-order valence-electron chi connectivity index (χ3n) is 3.65. The number of aryl methyl sites for hydroxylation is 2. The van der Waals surface area contributed by atoms with E-state index in [0.717, 1.165) is 0 Å². The fourth-order valence-electron chi connectivity index (χ4n) is 2.71. The molecule has 110 valence electrons. The maximum absolute atomic E-state index is 11.3. The number of nitro groups is 1. The van der Waals surface area contributed by atoms with Gasteiger partial charge in [0.25, 0.3) is 0 Å². The predicted octanol–water partition coefficient (Wildman–Crippen LogP) is 1.19. The van der Waals surface area contributed by atoms with Crippen LogP contribution in [0.25, 0.3) is 0 Å². The topological polar surface area (TPSA) is 102 Å². The van der Waals surface area contributed by atoms with Gasteiger partial charge in [0.1, 0.15) is 5.69 Å². The predicted molar refractivity (Wildman–Crippen MR) is 71.8 cm³/mol. The van der Waals surface area contributed by atoms with Crippen molar-refractivity contribution in [2.75, 3.05) is 18.0 Å². The summed E-state index contributed by atoms with van der Waals surface area (Å²) >= 11 is 0. The minimum atomic E-state index is -0.852. The Kier molecular flexibility index (Phi) is 3.91. The molecule has 0 amide bonds. The van der Waals surface area contributed by atoms with E-state index in [9.17, 15) is 14.9 Å². The number of aliphatic carboxylic acids is 1. The van der Waals surface area contributed by atoms with Crippen molar-refractivity contribution in [1.29, 1.82) is 0 Å². The molecule has 1 aliphatic heterocycles. The van der Waals surface area contributed by atoms with Crippen LogP contribution in [0.4, 0.5) is 11.5 Å².